The average molecular weight is 313 g/mol. The zero-order valence-electron chi connectivity index (χ0n) is 13.0. The molecule has 3 N–H and O–H groups in total. The molecule has 2 aliphatic carbocycles. The third-order valence-corrected chi connectivity index (χ3v) is 5.64. The Morgan fingerprint density at radius 1 is 1.30 bits per heavy atom. The van der Waals surface area contributed by atoms with Crippen molar-refractivity contribution >= 4 is 28.5 Å². The molecule has 1 amide bonds. The van der Waals surface area contributed by atoms with Crippen LogP contribution in [0.5, 0.6) is 0 Å². The van der Waals surface area contributed by atoms with Crippen LogP contribution < -0.4 is 5.32 Å². The number of carboxylic acid groups (broad SMARTS) is 1. The first-order valence-corrected chi connectivity index (χ1v) is 7.93. The van der Waals surface area contributed by atoms with E-state index in [1.165, 1.54) is 0 Å². The number of fused-ring (bicyclic) bond motifs is 1. The van der Waals surface area contributed by atoms with Crippen molar-refractivity contribution in [3.05, 3.63) is 23.9 Å². The Hall–Kier alpha value is -2.37. The van der Waals surface area contributed by atoms with Crippen LogP contribution in [0.15, 0.2) is 18.3 Å². The van der Waals surface area contributed by atoms with Gasteiger partial charge in [0.15, 0.2) is 0 Å². The lowest BCUT2D eigenvalue weighted by molar-refractivity contribution is -0.178. The van der Waals surface area contributed by atoms with E-state index in [1.54, 1.807) is 12.3 Å². The van der Waals surface area contributed by atoms with Gasteiger partial charge in [0.1, 0.15) is 5.41 Å². The second-order valence-corrected chi connectivity index (χ2v) is 7.17. The molecule has 0 unspecified atom stereocenters. The maximum absolute atomic E-state index is 12.7. The molecule has 4 rings (SSSR count). The summed E-state index contributed by atoms with van der Waals surface area (Å²) >= 11 is 0. The molecule has 6 heteroatoms. The number of anilines is 1. The van der Waals surface area contributed by atoms with E-state index < -0.39 is 17.3 Å². The third-order valence-electron chi connectivity index (χ3n) is 5.64. The molecule has 2 saturated carbocycles. The number of carboxylic acids is 1. The first-order valence-electron chi connectivity index (χ1n) is 7.93. The molecular weight excluding hydrogens is 294 g/mol. The SMILES string of the molecule is Cc1cc(NC(=O)C2(C(=O)O)CC3(CCC3)C2)cc2[nH]ncc12. The van der Waals surface area contributed by atoms with Crippen LogP contribution in [0.4, 0.5) is 5.69 Å². The number of nitrogens with one attached hydrogen (secondary N) is 2. The summed E-state index contributed by atoms with van der Waals surface area (Å²) in [6, 6.07) is 3.64. The number of amides is 1. The summed E-state index contributed by atoms with van der Waals surface area (Å²) in [4.78, 5) is 24.4. The smallest absolute Gasteiger partial charge is 0.319 e. The molecule has 0 bridgehead atoms. The monoisotopic (exact) mass is 313 g/mol. The Balaban J connectivity index is 1.59. The zero-order chi connectivity index (χ0) is 16.2. The summed E-state index contributed by atoms with van der Waals surface area (Å²) in [5, 5.41) is 20.3. The molecule has 1 spiro atoms. The number of aromatic nitrogens is 2. The quantitative estimate of drug-likeness (QED) is 0.759. The Morgan fingerprint density at radius 2 is 2.04 bits per heavy atom. The van der Waals surface area contributed by atoms with Gasteiger partial charge in [-0.1, -0.05) is 6.42 Å². The number of hydrogen-bond acceptors (Lipinski definition) is 3. The molecule has 1 heterocycles. The van der Waals surface area contributed by atoms with Gasteiger partial charge in [0.25, 0.3) is 0 Å². The zero-order valence-corrected chi connectivity index (χ0v) is 13.0. The van der Waals surface area contributed by atoms with Crippen LogP contribution in [0.3, 0.4) is 0 Å². The number of H-pyrrole nitrogens is 1. The number of benzene rings is 1. The Kier molecular flexibility index (Phi) is 2.83. The van der Waals surface area contributed by atoms with E-state index in [9.17, 15) is 14.7 Å². The molecule has 0 saturated heterocycles. The highest BCUT2D eigenvalue weighted by Gasteiger charge is 2.64. The summed E-state index contributed by atoms with van der Waals surface area (Å²) in [5.74, 6) is -1.41. The van der Waals surface area contributed by atoms with Crippen LogP contribution in [0, 0.1) is 17.8 Å². The molecule has 23 heavy (non-hydrogen) atoms. The first kappa shape index (κ1) is 14.2. The minimum Gasteiger partial charge on any atom is -0.480 e. The molecular formula is C17H19N3O3. The van der Waals surface area contributed by atoms with Crippen LogP contribution in [0.25, 0.3) is 10.9 Å². The van der Waals surface area contributed by atoms with E-state index in [0.29, 0.717) is 18.5 Å². The van der Waals surface area contributed by atoms with Gasteiger partial charge in [-0.15, -0.1) is 0 Å². The van der Waals surface area contributed by atoms with Gasteiger partial charge in [0, 0.05) is 11.1 Å². The minimum absolute atomic E-state index is 0.110. The third kappa shape index (κ3) is 1.97. The van der Waals surface area contributed by atoms with E-state index in [1.807, 2.05) is 13.0 Å². The predicted octanol–water partition coefficient (Wildman–Crippen LogP) is 2.84. The highest BCUT2D eigenvalue weighted by Crippen LogP contribution is 2.64. The lowest BCUT2D eigenvalue weighted by Gasteiger charge is -2.58. The van der Waals surface area contributed by atoms with Crippen molar-refractivity contribution in [2.75, 3.05) is 5.32 Å². The number of hydrogen-bond donors (Lipinski definition) is 3. The van der Waals surface area contributed by atoms with Crippen LogP contribution in [-0.2, 0) is 9.59 Å². The maximum Gasteiger partial charge on any atom is 0.319 e. The number of aryl methyl sites for hydroxylation is 1. The van der Waals surface area contributed by atoms with Crippen LogP contribution in [-0.4, -0.2) is 27.2 Å². The Bertz CT molecular complexity index is 812. The largest absolute Gasteiger partial charge is 0.480 e. The van der Waals surface area contributed by atoms with Crippen LogP contribution >= 0.6 is 0 Å². The second-order valence-electron chi connectivity index (χ2n) is 7.17. The summed E-state index contributed by atoms with van der Waals surface area (Å²) < 4.78 is 0. The highest BCUT2D eigenvalue weighted by molar-refractivity contribution is 6.10. The van der Waals surface area contributed by atoms with Gasteiger partial charge in [-0.2, -0.15) is 5.10 Å². The van der Waals surface area contributed by atoms with Gasteiger partial charge in [0.2, 0.25) is 5.91 Å². The van der Waals surface area contributed by atoms with E-state index in [-0.39, 0.29) is 5.41 Å². The van der Waals surface area contributed by atoms with Crippen molar-refractivity contribution < 1.29 is 14.7 Å². The van der Waals surface area contributed by atoms with Crippen molar-refractivity contribution in [3.63, 3.8) is 0 Å². The number of carbonyl (C=O) groups is 2. The number of rotatable bonds is 3. The number of nitrogens with zero attached hydrogens (tertiary/aromatic N) is 1. The van der Waals surface area contributed by atoms with Crippen molar-refractivity contribution in [3.8, 4) is 0 Å². The molecule has 0 aliphatic heterocycles. The molecule has 2 aromatic rings. The summed E-state index contributed by atoms with van der Waals surface area (Å²) in [5.41, 5.74) is 1.27. The topological polar surface area (TPSA) is 95.1 Å². The van der Waals surface area contributed by atoms with E-state index >= 15 is 0 Å². The van der Waals surface area contributed by atoms with Gasteiger partial charge >= 0.3 is 5.97 Å². The molecule has 2 fully saturated rings. The fourth-order valence-electron chi connectivity index (χ4n) is 4.22. The van der Waals surface area contributed by atoms with Gasteiger partial charge in [0.05, 0.1) is 11.7 Å². The lowest BCUT2D eigenvalue weighted by atomic mass is 9.45. The fraction of sp³-hybridized carbons (Fsp3) is 0.471. The Labute approximate surface area is 133 Å². The lowest BCUT2D eigenvalue weighted by Crippen LogP contribution is -2.59. The molecule has 6 nitrogen and oxygen atoms in total. The maximum atomic E-state index is 12.7. The van der Waals surface area contributed by atoms with E-state index in [2.05, 4.69) is 15.5 Å². The molecule has 1 aromatic carbocycles. The van der Waals surface area contributed by atoms with Gasteiger partial charge in [-0.05, 0) is 55.7 Å². The van der Waals surface area contributed by atoms with Crippen molar-refractivity contribution in [1.29, 1.82) is 0 Å². The number of carbonyl (C=O) groups excluding carboxylic acids is 1. The number of aliphatic carboxylic acids is 1. The molecule has 0 atom stereocenters. The predicted molar refractivity (Wildman–Crippen MR) is 85.0 cm³/mol. The summed E-state index contributed by atoms with van der Waals surface area (Å²) in [6.45, 7) is 1.94. The fourth-order valence-corrected chi connectivity index (χ4v) is 4.22. The second kappa shape index (κ2) is 4.57. The van der Waals surface area contributed by atoms with E-state index in [4.69, 9.17) is 0 Å². The number of aromatic amines is 1. The average Bonchev–Trinajstić information content (AvgIpc) is 2.84. The molecule has 2 aliphatic rings. The molecule has 0 radical (unpaired) electrons. The first-order chi connectivity index (χ1) is 10.9. The standard InChI is InChI=1S/C17H19N3O3/c1-10-5-11(6-13-12(10)7-18-20-13)19-14(21)17(15(22)23)8-16(9-17)3-2-4-16/h5-7H,2-4,8-9H2,1H3,(H,18,20)(H,19,21)(H,22,23). The van der Waals surface area contributed by atoms with Crippen molar-refractivity contribution in [2.24, 2.45) is 10.8 Å². The summed E-state index contributed by atoms with van der Waals surface area (Å²) in [6.07, 6.45) is 5.91. The van der Waals surface area contributed by atoms with Crippen molar-refractivity contribution in [1.82, 2.24) is 10.2 Å². The van der Waals surface area contributed by atoms with E-state index in [0.717, 1.165) is 35.7 Å². The molecule has 1 aromatic heterocycles. The van der Waals surface area contributed by atoms with Crippen LogP contribution in [0.1, 0.15) is 37.7 Å². The van der Waals surface area contributed by atoms with Gasteiger partial charge in [-0.25, -0.2) is 0 Å². The Morgan fingerprint density at radius 3 is 2.65 bits per heavy atom. The van der Waals surface area contributed by atoms with Gasteiger partial charge < -0.3 is 10.4 Å². The molecule has 120 valence electrons. The minimum atomic E-state index is -1.27. The van der Waals surface area contributed by atoms with Crippen molar-refractivity contribution in [2.45, 2.75) is 39.0 Å². The highest BCUT2D eigenvalue weighted by atomic mass is 16.4. The summed E-state index contributed by atoms with van der Waals surface area (Å²) in [7, 11) is 0. The normalized spacial score (nSPS) is 20.7. The van der Waals surface area contributed by atoms with Crippen LogP contribution in [0.2, 0.25) is 0 Å². The van der Waals surface area contributed by atoms with Gasteiger partial charge in [-0.3, -0.25) is 14.7 Å².